The quantitative estimate of drug-likeness (QED) is 0.0746. The molecule has 0 atom stereocenters. The first-order valence-electron chi connectivity index (χ1n) is 19.4. The van der Waals surface area contributed by atoms with Gasteiger partial charge in [0.15, 0.2) is 0 Å². The number of rotatable bonds is 14. The molecule has 2 saturated carbocycles. The van der Waals surface area contributed by atoms with Gasteiger partial charge in [-0.25, -0.2) is 4.79 Å². The lowest BCUT2D eigenvalue weighted by molar-refractivity contribution is 0.0694. The zero-order valence-corrected chi connectivity index (χ0v) is 31.0. The van der Waals surface area contributed by atoms with Crippen LogP contribution in [0.25, 0.3) is 33.3 Å². The second-order valence-corrected chi connectivity index (χ2v) is 14.8. The van der Waals surface area contributed by atoms with Crippen LogP contribution < -0.4 is 10.6 Å². The summed E-state index contributed by atoms with van der Waals surface area (Å²) >= 11 is 0. The smallest absolute Gasteiger partial charge is 0.337 e. The van der Waals surface area contributed by atoms with E-state index in [4.69, 9.17) is 0 Å². The van der Waals surface area contributed by atoms with Gasteiger partial charge in [-0.2, -0.15) is 4.80 Å². The summed E-state index contributed by atoms with van der Waals surface area (Å²) in [7, 11) is 0. The summed E-state index contributed by atoms with van der Waals surface area (Å²) in [4.78, 5) is 40.5. The summed E-state index contributed by atoms with van der Waals surface area (Å²) in [6.07, 6.45) is 10.6. The normalized spacial score (nSPS) is 13.5. The summed E-state index contributed by atoms with van der Waals surface area (Å²) < 4.78 is 0. The van der Waals surface area contributed by atoms with Gasteiger partial charge in [0.2, 0.25) is 5.82 Å². The lowest BCUT2D eigenvalue weighted by Crippen LogP contribution is -2.16. The standard InChI is InChI=1S/C46H42N6O4/c53-44(36-21-26-40(35(29-36)10-3-1-2-7-30-12-13-30)43-49-51-52(50-43)28-6-8-31-14-15-31)47-37-22-16-32(17-23-37)33-18-24-38(25-19-33)48-45(54)41-27-20-34-9-4-5-11-39(34)42(41)46(55)56/h4-5,9,11,16-27,29-31H,1-2,6-8,12-15,28H2,(H,47,53)(H,48,54)(H,55,56). The highest BCUT2D eigenvalue weighted by Gasteiger charge is 2.22. The molecule has 5 aromatic carbocycles. The molecule has 0 spiro atoms. The minimum absolute atomic E-state index is 0.0304. The SMILES string of the molecule is O=C(Nc1ccc(-c2ccc(NC(=O)c3ccc4ccccc4c3C(=O)O)cc2)cc1)c1ccc(-c2nnn(CCCC3CC3)n2)c(C#CCCCC2CC2)c1. The van der Waals surface area contributed by atoms with Crippen LogP contribution in [0.5, 0.6) is 0 Å². The van der Waals surface area contributed by atoms with Crippen molar-refractivity contribution in [2.24, 2.45) is 11.8 Å². The molecule has 10 nitrogen and oxygen atoms in total. The summed E-state index contributed by atoms with van der Waals surface area (Å²) in [5, 5.41) is 30.3. The highest BCUT2D eigenvalue weighted by atomic mass is 16.4. The van der Waals surface area contributed by atoms with Gasteiger partial charge in [0.05, 0.1) is 17.7 Å². The first kappa shape index (κ1) is 36.4. The van der Waals surface area contributed by atoms with Crippen molar-refractivity contribution in [2.75, 3.05) is 10.6 Å². The summed E-state index contributed by atoms with van der Waals surface area (Å²) in [5.74, 6) is 6.95. The van der Waals surface area contributed by atoms with E-state index >= 15 is 0 Å². The summed E-state index contributed by atoms with van der Waals surface area (Å²) in [6, 6.07) is 30.6. The maximum absolute atomic E-state index is 13.5. The number of hydrogen-bond donors (Lipinski definition) is 3. The van der Waals surface area contributed by atoms with Crippen LogP contribution in [0.15, 0.2) is 103 Å². The fourth-order valence-electron chi connectivity index (χ4n) is 6.99. The van der Waals surface area contributed by atoms with Gasteiger partial charge in [-0.3, -0.25) is 9.59 Å². The van der Waals surface area contributed by atoms with Gasteiger partial charge in [0, 0.05) is 34.5 Å². The topological polar surface area (TPSA) is 139 Å². The number of aryl methyl sites for hydroxylation is 1. The van der Waals surface area contributed by atoms with Crippen LogP contribution in [0.1, 0.15) is 94.4 Å². The molecule has 10 heteroatoms. The van der Waals surface area contributed by atoms with E-state index in [1.165, 1.54) is 38.5 Å². The maximum atomic E-state index is 13.5. The van der Waals surface area contributed by atoms with E-state index in [0.717, 1.165) is 59.7 Å². The van der Waals surface area contributed by atoms with Crippen molar-refractivity contribution in [2.45, 2.75) is 64.3 Å². The lowest BCUT2D eigenvalue weighted by atomic mass is 9.98. The number of nitrogens with one attached hydrogen (secondary N) is 2. The van der Waals surface area contributed by atoms with Crippen LogP contribution in [-0.2, 0) is 6.54 Å². The molecular weight excluding hydrogens is 701 g/mol. The van der Waals surface area contributed by atoms with Crippen LogP contribution in [0.4, 0.5) is 11.4 Å². The molecule has 0 radical (unpaired) electrons. The maximum Gasteiger partial charge on any atom is 0.337 e. The monoisotopic (exact) mass is 742 g/mol. The Morgan fingerprint density at radius 3 is 2.09 bits per heavy atom. The molecule has 0 unspecified atom stereocenters. The Hall–Kier alpha value is -6.60. The second kappa shape index (κ2) is 16.4. The predicted molar refractivity (Wildman–Crippen MR) is 217 cm³/mol. The average molecular weight is 743 g/mol. The van der Waals surface area contributed by atoms with E-state index < -0.39 is 11.9 Å². The number of hydrogen-bond acceptors (Lipinski definition) is 6. The Bertz CT molecular complexity index is 2470. The molecule has 2 fully saturated rings. The molecule has 1 heterocycles. The minimum Gasteiger partial charge on any atom is -0.478 e. The lowest BCUT2D eigenvalue weighted by Gasteiger charge is -2.11. The molecule has 0 bridgehead atoms. The van der Waals surface area contributed by atoms with E-state index in [-0.39, 0.29) is 17.0 Å². The molecule has 0 saturated heterocycles. The van der Waals surface area contributed by atoms with Crippen molar-refractivity contribution in [1.29, 1.82) is 0 Å². The third-order valence-electron chi connectivity index (χ3n) is 10.5. The Kier molecular flexibility index (Phi) is 10.7. The van der Waals surface area contributed by atoms with Crippen LogP contribution in [0.3, 0.4) is 0 Å². The zero-order valence-electron chi connectivity index (χ0n) is 31.0. The number of benzene rings is 5. The Balaban J connectivity index is 0.923. The summed E-state index contributed by atoms with van der Waals surface area (Å²) in [5.41, 5.74) is 5.00. The van der Waals surface area contributed by atoms with Crippen molar-refractivity contribution in [3.05, 3.63) is 125 Å². The van der Waals surface area contributed by atoms with Crippen molar-refractivity contribution in [3.63, 3.8) is 0 Å². The number of carboxylic acid groups (broad SMARTS) is 1. The molecular formula is C46H42N6O4. The third kappa shape index (κ3) is 8.85. The van der Waals surface area contributed by atoms with Crippen LogP contribution in [0, 0.1) is 23.7 Å². The van der Waals surface area contributed by atoms with E-state index in [0.29, 0.717) is 33.7 Å². The van der Waals surface area contributed by atoms with Crippen LogP contribution in [0.2, 0.25) is 0 Å². The largest absolute Gasteiger partial charge is 0.478 e. The molecule has 3 N–H and O–H groups in total. The number of aromatic carboxylic acids is 1. The fraction of sp³-hybridized carbons (Fsp3) is 0.261. The van der Waals surface area contributed by atoms with Gasteiger partial charge < -0.3 is 15.7 Å². The highest BCUT2D eigenvalue weighted by Crippen LogP contribution is 2.34. The molecule has 2 amide bonds. The highest BCUT2D eigenvalue weighted by molar-refractivity contribution is 6.16. The predicted octanol–water partition coefficient (Wildman–Crippen LogP) is 9.49. The number of carbonyl (C=O) groups is 3. The fourth-order valence-corrected chi connectivity index (χ4v) is 6.99. The summed E-state index contributed by atoms with van der Waals surface area (Å²) in [6.45, 7) is 0.734. The van der Waals surface area contributed by atoms with Gasteiger partial charge in [-0.05, 0) is 113 Å². The molecule has 2 aliphatic carbocycles. The van der Waals surface area contributed by atoms with Gasteiger partial charge in [0.1, 0.15) is 0 Å². The van der Waals surface area contributed by atoms with Crippen LogP contribution >= 0.6 is 0 Å². The molecule has 6 aromatic rings. The molecule has 0 aliphatic heterocycles. The Morgan fingerprint density at radius 1 is 0.750 bits per heavy atom. The van der Waals surface area contributed by atoms with Gasteiger partial charge >= 0.3 is 5.97 Å². The first-order chi connectivity index (χ1) is 27.4. The number of aromatic nitrogens is 4. The first-order valence-corrected chi connectivity index (χ1v) is 19.4. The van der Waals surface area contributed by atoms with E-state index in [1.54, 1.807) is 47.3 Å². The number of nitrogens with zero attached hydrogens (tertiary/aromatic N) is 4. The van der Waals surface area contributed by atoms with Crippen molar-refractivity contribution < 1.29 is 19.5 Å². The molecule has 8 rings (SSSR count). The second-order valence-electron chi connectivity index (χ2n) is 14.8. The average Bonchev–Trinajstić information content (AvgIpc) is 4.16. The van der Waals surface area contributed by atoms with Crippen molar-refractivity contribution >= 4 is 39.9 Å². The van der Waals surface area contributed by atoms with E-state index in [9.17, 15) is 19.5 Å². The van der Waals surface area contributed by atoms with Gasteiger partial charge in [-0.1, -0.05) is 92.1 Å². The molecule has 2 aliphatic rings. The number of amides is 2. The third-order valence-corrected chi connectivity index (χ3v) is 10.5. The van der Waals surface area contributed by atoms with Gasteiger partial charge in [-0.15, -0.1) is 10.2 Å². The number of fused-ring (bicyclic) bond motifs is 1. The van der Waals surface area contributed by atoms with E-state index in [2.05, 4.69) is 37.9 Å². The van der Waals surface area contributed by atoms with Crippen molar-refractivity contribution in [3.8, 4) is 34.4 Å². The molecule has 280 valence electrons. The minimum atomic E-state index is -1.16. The number of carboxylic acids is 1. The zero-order chi connectivity index (χ0) is 38.4. The Morgan fingerprint density at radius 2 is 1.41 bits per heavy atom. The van der Waals surface area contributed by atoms with Crippen molar-refractivity contribution in [1.82, 2.24) is 20.2 Å². The van der Waals surface area contributed by atoms with Crippen LogP contribution in [-0.4, -0.2) is 43.1 Å². The molecule has 56 heavy (non-hydrogen) atoms. The van der Waals surface area contributed by atoms with Gasteiger partial charge in [0.25, 0.3) is 11.8 Å². The number of unbranched alkanes of at least 4 members (excludes halogenated alkanes) is 1. The molecule has 1 aromatic heterocycles. The number of anilines is 2. The number of tetrazole rings is 1. The van der Waals surface area contributed by atoms with E-state index in [1.807, 2.05) is 60.7 Å². The Labute approximate surface area is 325 Å². The number of carbonyl (C=O) groups excluding carboxylic acids is 2.